The van der Waals surface area contributed by atoms with Gasteiger partial charge in [0.2, 0.25) is 0 Å². The number of thiophene rings is 1. The molecule has 31 heavy (non-hydrogen) atoms. The van der Waals surface area contributed by atoms with E-state index in [0.29, 0.717) is 30.2 Å². The Morgan fingerprint density at radius 2 is 1.77 bits per heavy atom. The van der Waals surface area contributed by atoms with Crippen molar-refractivity contribution in [2.24, 2.45) is 0 Å². The summed E-state index contributed by atoms with van der Waals surface area (Å²) in [5.74, 6) is -0.636. The maximum Gasteiger partial charge on any atom is 0.341 e. The predicted octanol–water partition coefficient (Wildman–Crippen LogP) is 5.77. The molecule has 1 atom stereocenters. The molecule has 1 fully saturated rings. The molecule has 0 bridgehead atoms. The van der Waals surface area contributed by atoms with Gasteiger partial charge >= 0.3 is 5.97 Å². The maximum absolute atomic E-state index is 12.9. The Kier molecular flexibility index (Phi) is 6.79. The van der Waals surface area contributed by atoms with E-state index in [1.165, 1.54) is 11.3 Å². The lowest BCUT2D eigenvalue weighted by atomic mass is 9.99. The Morgan fingerprint density at radius 1 is 1.06 bits per heavy atom. The highest BCUT2D eigenvalue weighted by molar-refractivity contribution is 7.15. The van der Waals surface area contributed by atoms with Crippen LogP contribution in [0.15, 0.2) is 60.0 Å². The summed E-state index contributed by atoms with van der Waals surface area (Å²) in [5.41, 5.74) is 4.29. The van der Waals surface area contributed by atoms with Crippen LogP contribution in [0.25, 0.3) is 22.3 Å². The first-order valence-corrected chi connectivity index (χ1v) is 11.4. The summed E-state index contributed by atoms with van der Waals surface area (Å²) in [6.07, 6.45) is 1.83. The summed E-state index contributed by atoms with van der Waals surface area (Å²) in [4.78, 5) is 25.4. The Bertz CT molecular complexity index is 1040. The first-order valence-electron chi connectivity index (χ1n) is 10.5. The quantitative estimate of drug-likeness (QED) is 0.479. The summed E-state index contributed by atoms with van der Waals surface area (Å²) in [5, 5.41) is 5.29. The molecule has 1 amide bonds. The van der Waals surface area contributed by atoms with Crippen LogP contribution in [0.2, 0.25) is 0 Å². The molecular weight excluding hydrogens is 410 g/mol. The highest BCUT2D eigenvalue weighted by Gasteiger charge is 2.28. The van der Waals surface area contributed by atoms with Crippen molar-refractivity contribution in [2.75, 3.05) is 18.5 Å². The molecular formula is C25H25NO4S. The van der Waals surface area contributed by atoms with Crippen LogP contribution in [-0.4, -0.2) is 31.2 Å². The Hall–Kier alpha value is -2.96. The Labute approximate surface area is 186 Å². The highest BCUT2D eigenvalue weighted by Crippen LogP contribution is 2.37. The van der Waals surface area contributed by atoms with Gasteiger partial charge in [0, 0.05) is 17.6 Å². The molecule has 1 aliphatic heterocycles. The van der Waals surface area contributed by atoms with Gasteiger partial charge < -0.3 is 14.8 Å². The number of rotatable bonds is 7. The monoisotopic (exact) mass is 435 g/mol. The van der Waals surface area contributed by atoms with Gasteiger partial charge in [0.1, 0.15) is 16.7 Å². The first-order chi connectivity index (χ1) is 15.2. The second-order valence-corrected chi connectivity index (χ2v) is 8.30. The van der Waals surface area contributed by atoms with E-state index in [0.717, 1.165) is 35.1 Å². The number of amides is 1. The van der Waals surface area contributed by atoms with Crippen LogP contribution >= 0.6 is 11.3 Å². The molecule has 1 aliphatic rings. The number of carbonyl (C=O) groups excluding carboxylic acids is 2. The predicted molar refractivity (Wildman–Crippen MR) is 123 cm³/mol. The van der Waals surface area contributed by atoms with E-state index in [2.05, 4.69) is 17.4 Å². The van der Waals surface area contributed by atoms with Crippen molar-refractivity contribution in [1.29, 1.82) is 0 Å². The standard InChI is InChI=1S/C25H25NO4S/c1-2-14-30-25(28)22-20(16-31-24(22)26-23(27)21-9-6-15-29-21)19-12-10-18(11-13-19)17-7-4-3-5-8-17/h3-5,7-8,10-13,16,21H,2,6,9,14-15H2,1H3,(H,26,27)/t21-/m1/s1. The third kappa shape index (κ3) is 4.86. The molecule has 2 heterocycles. The van der Waals surface area contributed by atoms with Crippen LogP contribution in [0.4, 0.5) is 5.00 Å². The van der Waals surface area contributed by atoms with Gasteiger partial charge in [-0.2, -0.15) is 0 Å². The molecule has 1 N–H and O–H groups in total. The molecule has 5 nitrogen and oxygen atoms in total. The van der Waals surface area contributed by atoms with Gasteiger partial charge in [0.05, 0.1) is 6.61 Å². The number of carbonyl (C=O) groups is 2. The van der Waals surface area contributed by atoms with Crippen molar-refractivity contribution < 1.29 is 19.1 Å². The zero-order valence-electron chi connectivity index (χ0n) is 17.4. The van der Waals surface area contributed by atoms with E-state index in [1.807, 2.05) is 54.8 Å². The van der Waals surface area contributed by atoms with Crippen LogP contribution in [0.1, 0.15) is 36.5 Å². The van der Waals surface area contributed by atoms with Gasteiger partial charge in [-0.1, -0.05) is 61.5 Å². The van der Waals surface area contributed by atoms with Crippen LogP contribution in [-0.2, 0) is 14.3 Å². The minimum atomic E-state index is -0.463. The molecule has 0 radical (unpaired) electrons. The molecule has 0 unspecified atom stereocenters. The van der Waals surface area contributed by atoms with Gasteiger partial charge in [-0.25, -0.2) is 4.79 Å². The number of anilines is 1. The summed E-state index contributed by atoms with van der Waals surface area (Å²) in [7, 11) is 0. The molecule has 4 rings (SSSR count). The number of nitrogens with one attached hydrogen (secondary N) is 1. The Balaban J connectivity index is 1.64. The van der Waals surface area contributed by atoms with Crippen molar-refractivity contribution >= 4 is 28.2 Å². The molecule has 0 aliphatic carbocycles. The Morgan fingerprint density at radius 3 is 2.45 bits per heavy atom. The number of hydrogen-bond donors (Lipinski definition) is 1. The SMILES string of the molecule is CCCOC(=O)c1c(-c2ccc(-c3ccccc3)cc2)csc1NC(=O)[C@H]1CCCO1. The van der Waals surface area contributed by atoms with Crippen molar-refractivity contribution in [1.82, 2.24) is 0 Å². The second kappa shape index (κ2) is 9.90. The molecule has 6 heteroatoms. The van der Waals surface area contributed by atoms with E-state index in [1.54, 1.807) is 0 Å². The fourth-order valence-electron chi connectivity index (χ4n) is 3.58. The summed E-state index contributed by atoms with van der Waals surface area (Å²) in [6, 6.07) is 18.2. The third-order valence-electron chi connectivity index (χ3n) is 5.19. The van der Waals surface area contributed by atoms with Crippen LogP contribution in [0, 0.1) is 0 Å². The molecule has 1 aromatic heterocycles. The van der Waals surface area contributed by atoms with Crippen molar-refractivity contribution in [3.05, 3.63) is 65.5 Å². The van der Waals surface area contributed by atoms with Crippen molar-refractivity contribution in [3.8, 4) is 22.3 Å². The largest absolute Gasteiger partial charge is 0.462 e. The van der Waals surface area contributed by atoms with Crippen molar-refractivity contribution in [3.63, 3.8) is 0 Å². The van der Waals surface area contributed by atoms with E-state index >= 15 is 0 Å². The molecule has 160 valence electrons. The van der Waals surface area contributed by atoms with Crippen molar-refractivity contribution in [2.45, 2.75) is 32.3 Å². The van der Waals surface area contributed by atoms with Gasteiger partial charge in [0.15, 0.2) is 0 Å². The highest BCUT2D eigenvalue weighted by atomic mass is 32.1. The summed E-state index contributed by atoms with van der Waals surface area (Å²) < 4.78 is 10.9. The van der Waals surface area contributed by atoms with Gasteiger partial charge in [0.25, 0.3) is 5.91 Å². The molecule has 3 aromatic rings. The number of ether oxygens (including phenoxy) is 2. The fraction of sp³-hybridized carbons (Fsp3) is 0.280. The average molecular weight is 436 g/mol. The third-order valence-corrected chi connectivity index (χ3v) is 6.09. The zero-order valence-corrected chi connectivity index (χ0v) is 18.2. The lowest BCUT2D eigenvalue weighted by Crippen LogP contribution is -2.27. The van der Waals surface area contributed by atoms with E-state index in [-0.39, 0.29) is 5.91 Å². The van der Waals surface area contributed by atoms with Gasteiger partial charge in [-0.15, -0.1) is 11.3 Å². The minimum Gasteiger partial charge on any atom is -0.462 e. The van der Waals surface area contributed by atoms with Crippen LogP contribution in [0.5, 0.6) is 0 Å². The fourth-order valence-corrected chi connectivity index (χ4v) is 4.54. The van der Waals surface area contributed by atoms with E-state index < -0.39 is 12.1 Å². The van der Waals surface area contributed by atoms with Crippen LogP contribution in [0.3, 0.4) is 0 Å². The number of esters is 1. The van der Waals surface area contributed by atoms with Gasteiger partial charge in [-0.05, 0) is 36.0 Å². The maximum atomic E-state index is 12.9. The number of benzene rings is 2. The van der Waals surface area contributed by atoms with E-state index in [9.17, 15) is 9.59 Å². The second-order valence-electron chi connectivity index (χ2n) is 7.42. The molecule has 1 saturated heterocycles. The lowest BCUT2D eigenvalue weighted by Gasteiger charge is -2.12. The molecule has 2 aromatic carbocycles. The first kappa shape index (κ1) is 21.3. The lowest BCUT2D eigenvalue weighted by molar-refractivity contribution is -0.124. The average Bonchev–Trinajstić information content (AvgIpc) is 3.49. The van der Waals surface area contributed by atoms with Gasteiger partial charge in [-0.3, -0.25) is 4.79 Å². The number of hydrogen-bond acceptors (Lipinski definition) is 5. The van der Waals surface area contributed by atoms with E-state index in [4.69, 9.17) is 9.47 Å². The smallest absolute Gasteiger partial charge is 0.341 e. The molecule has 0 saturated carbocycles. The minimum absolute atomic E-state index is 0.213. The summed E-state index contributed by atoms with van der Waals surface area (Å²) in [6.45, 7) is 2.87. The summed E-state index contributed by atoms with van der Waals surface area (Å²) >= 11 is 1.33. The van der Waals surface area contributed by atoms with Crippen LogP contribution < -0.4 is 5.32 Å². The normalized spacial score (nSPS) is 15.6. The topological polar surface area (TPSA) is 64.6 Å². The molecule has 0 spiro atoms. The zero-order chi connectivity index (χ0) is 21.6.